The second-order valence-electron chi connectivity index (χ2n) is 8.01. The normalized spacial score (nSPS) is 16.3. The van der Waals surface area contributed by atoms with Crippen molar-refractivity contribution in [1.82, 2.24) is 20.2 Å². The summed E-state index contributed by atoms with van der Waals surface area (Å²) in [5, 5.41) is 6.91. The van der Waals surface area contributed by atoms with Crippen LogP contribution in [-0.4, -0.2) is 53.1 Å². The molecule has 0 unspecified atom stereocenters. The van der Waals surface area contributed by atoms with Gasteiger partial charge in [-0.15, -0.1) is 0 Å². The molecule has 3 N–H and O–H groups in total. The smallest absolute Gasteiger partial charge is 0.317 e. The summed E-state index contributed by atoms with van der Waals surface area (Å²) < 4.78 is 5.29. The number of hydrogen-bond acceptors (Lipinski definition) is 4. The Kier molecular flexibility index (Phi) is 5.30. The van der Waals surface area contributed by atoms with Crippen molar-refractivity contribution >= 4 is 28.8 Å². The van der Waals surface area contributed by atoms with Gasteiger partial charge in [-0.2, -0.15) is 0 Å². The lowest BCUT2D eigenvalue weighted by molar-refractivity contribution is -0.117. The Labute approximate surface area is 180 Å². The number of urea groups is 1. The van der Waals surface area contributed by atoms with E-state index < -0.39 is 0 Å². The quantitative estimate of drug-likeness (QED) is 0.592. The molecule has 0 spiro atoms. The summed E-state index contributed by atoms with van der Waals surface area (Å²) in [6.45, 7) is 2.89. The van der Waals surface area contributed by atoms with Gasteiger partial charge in [0.1, 0.15) is 11.5 Å². The number of ether oxygens (including phenoxy) is 1. The molecule has 2 aromatic heterocycles. The largest absolute Gasteiger partial charge is 0.378 e. The predicted molar refractivity (Wildman–Crippen MR) is 118 cm³/mol. The van der Waals surface area contributed by atoms with Gasteiger partial charge >= 0.3 is 6.03 Å². The Morgan fingerprint density at radius 3 is 2.65 bits per heavy atom. The lowest BCUT2D eigenvalue weighted by Gasteiger charge is -2.26. The average Bonchev–Trinajstić information content (AvgIpc) is 3.56. The van der Waals surface area contributed by atoms with E-state index in [2.05, 4.69) is 20.6 Å². The van der Waals surface area contributed by atoms with Crippen LogP contribution in [0.25, 0.3) is 22.2 Å². The predicted octanol–water partition coefficient (Wildman–Crippen LogP) is 3.12. The van der Waals surface area contributed by atoms with E-state index in [1.165, 1.54) is 0 Å². The number of nitrogens with zero attached hydrogens (tertiary/aromatic N) is 2. The van der Waals surface area contributed by atoms with Crippen LogP contribution in [0, 0.1) is 5.92 Å². The Balaban J connectivity index is 1.31. The number of nitrogens with one attached hydrogen (secondary N) is 3. The lowest BCUT2D eigenvalue weighted by Crippen LogP contribution is -2.45. The molecule has 1 aliphatic heterocycles. The molecule has 1 aromatic carbocycles. The summed E-state index contributed by atoms with van der Waals surface area (Å²) in [4.78, 5) is 33.9. The number of anilines is 1. The maximum atomic E-state index is 12.3. The molecule has 0 atom stereocenters. The Morgan fingerprint density at radius 1 is 1.13 bits per heavy atom. The molecule has 3 amide bonds. The molecule has 3 heterocycles. The van der Waals surface area contributed by atoms with E-state index in [0.717, 1.165) is 40.6 Å². The second-order valence-corrected chi connectivity index (χ2v) is 8.01. The van der Waals surface area contributed by atoms with Crippen molar-refractivity contribution in [3.05, 3.63) is 48.2 Å². The summed E-state index contributed by atoms with van der Waals surface area (Å²) >= 11 is 0. The van der Waals surface area contributed by atoms with Crippen LogP contribution in [-0.2, 0) is 16.1 Å². The van der Waals surface area contributed by atoms with Gasteiger partial charge in [-0.3, -0.25) is 4.79 Å². The summed E-state index contributed by atoms with van der Waals surface area (Å²) in [6.07, 6.45) is 3.75. The van der Waals surface area contributed by atoms with E-state index in [9.17, 15) is 9.59 Å². The van der Waals surface area contributed by atoms with Gasteiger partial charge in [-0.05, 0) is 41.7 Å². The van der Waals surface area contributed by atoms with Crippen LogP contribution < -0.4 is 10.6 Å². The molecule has 5 rings (SSSR count). The van der Waals surface area contributed by atoms with Crippen LogP contribution in [0.4, 0.5) is 10.6 Å². The number of carbonyl (C=O) groups is 2. The third-order valence-electron chi connectivity index (χ3n) is 5.74. The molecule has 8 heteroatoms. The molecule has 0 radical (unpaired) electrons. The number of rotatable bonds is 5. The SMILES string of the molecule is O=C(Nc1cc(-c2ccc(CNC(=O)N3CCOCC3)cc2)c2cc[nH]c2n1)C1CC1. The van der Waals surface area contributed by atoms with Crippen molar-refractivity contribution in [3.8, 4) is 11.1 Å². The minimum absolute atomic E-state index is 0.0377. The van der Waals surface area contributed by atoms with Crippen LogP contribution in [0.3, 0.4) is 0 Å². The molecule has 3 aromatic rings. The van der Waals surface area contributed by atoms with Gasteiger partial charge in [0.05, 0.1) is 13.2 Å². The first-order valence-electron chi connectivity index (χ1n) is 10.7. The number of amides is 3. The number of benzene rings is 1. The number of aromatic nitrogens is 2. The number of H-pyrrole nitrogens is 1. The third-order valence-corrected chi connectivity index (χ3v) is 5.74. The summed E-state index contributed by atoms with van der Waals surface area (Å²) in [5.74, 6) is 0.718. The maximum absolute atomic E-state index is 12.3. The second kappa shape index (κ2) is 8.39. The number of morpholine rings is 1. The average molecular weight is 419 g/mol. The van der Waals surface area contributed by atoms with Gasteiger partial charge < -0.3 is 25.3 Å². The van der Waals surface area contributed by atoms with Crippen molar-refractivity contribution in [1.29, 1.82) is 0 Å². The maximum Gasteiger partial charge on any atom is 0.317 e. The summed E-state index contributed by atoms with van der Waals surface area (Å²) in [6, 6.07) is 11.9. The minimum Gasteiger partial charge on any atom is -0.378 e. The van der Waals surface area contributed by atoms with Crippen LogP contribution in [0.5, 0.6) is 0 Å². The monoisotopic (exact) mass is 419 g/mol. The zero-order valence-electron chi connectivity index (χ0n) is 17.2. The highest BCUT2D eigenvalue weighted by Gasteiger charge is 2.30. The molecule has 160 valence electrons. The Hall–Kier alpha value is -3.39. The number of aromatic amines is 1. The first-order valence-corrected chi connectivity index (χ1v) is 10.7. The summed E-state index contributed by atoms with van der Waals surface area (Å²) in [7, 11) is 0. The molecule has 8 nitrogen and oxygen atoms in total. The van der Waals surface area contributed by atoms with Gasteiger partial charge in [0, 0.05) is 37.1 Å². The zero-order valence-corrected chi connectivity index (χ0v) is 17.2. The number of fused-ring (bicyclic) bond motifs is 1. The standard InChI is InChI=1S/C23H25N5O3/c29-22(17-5-6-17)27-20-13-19(18-7-8-24-21(18)26-20)16-3-1-15(2-4-16)14-25-23(30)28-9-11-31-12-10-28/h1-4,7-8,13,17H,5-6,9-12,14H2,(H,25,30)(H2,24,26,27,29). The van der Waals surface area contributed by atoms with Crippen LogP contribution in [0.15, 0.2) is 42.6 Å². The fourth-order valence-corrected chi connectivity index (χ4v) is 3.77. The highest BCUT2D eigenvalue weighted by molar-refractivity contribution is 5.98. The number of carbonyl (C=O) groups excluding carboxylic acids is 2. The number of pyridine rings is 1. The van der Waals surface area contributed by atoms with Crippen molar-refractivity contribution < 1.29 is 14.3 Å². The lowest BCUT2D eigenvalue weighted by atomic mass is 10.0. The minimum atomic E-state index is -0.0633. The molecule has 2 fully saturated rings. The van der Waals surface area contributed by atoms with Gasteiger partial charge in [-0.25, -0.2) is 9.78 Å². The van der Waals surface area contributed by atoms with Gasteiger partial charge in [-0.1, -0.05) is 24.3 Å². The van der Waals surface area contributed by atoms with Gasteiger partial charge in [0.2, 0.25) is 5.91 Å². The van der Waals surface area contributed by atoms with Crippen molar-refractivity contribution in [2.75, 3.05) is 31.6 Å². The Morgan fingerprint density at radius 2 is 1.90 bits per heavy atom. The highest BCUT2D eigenvalue weighted by atomic mass is 16.5. The molecule has 31 heavy (non-hydrogen) atoms. The van der Waals surface area contributed by atoms with Crippen molar-refractivity contribution in [2.45, 2.75) is 19.4 Å². The third kappa shape index (κ3) is 4.39. The van der Waals surface area contributed by atoms with E-state index in [0.29, 0.717) is 38.7 Å². The van der Waals surface area contributed by atoms with E-state index in [-0.39, 0.29) is 17.9 Å². The number of hydrogen-bond donors (Lipinski definition) is 3. The van der Waals surface area contributed by atoms with Gasteiger partial charge in [0.25, 0.3) is 0 Å². The first kappa shape index (κ1) is 19.6. The van der Waals surface area contributed by atoms with E-state index in [4.69, 9.17) is 4.74 Å². The molecular weight excluding hydrogens is 394 g/mol. The highest BCUT2D eigenvalue weighted by Crippen LogP contribution is 2.33. The van der Waals surface area contributed by atoms with Crippen LogP contribution in [0.2, 0.25) is 0 Å². The fraction of sp³-hybridized carbons (Fsp3) is 0.348. The first-order chi connectivity index (χ1) is 15.2. The Bertz CT molecular complexity index is 1100. The molecule has 2 aliphatic rings. The topological polar surface area (TPSA) is 99.4 Å². The van der Waals surface area contributed by atoms with Crippen LogP contribution >= 0.6 is 0 Å². The van der Waals surface area contributed by atoms with E-state index in [1.807, 2.05) is 42.6 Å². The molecule has 1 aliphatic carbocycles. The molecule has 1 saturated carbocycles. The molecule has 0 bridgehead atoms. The van der Waals surface area contributed by atoms with E-state index >= 15 is 0 Å². The zero-order chi connectivity index (χ0) is 21.2. The fourth-order valence-electron chi connectivity index (χ4n) is 3.77. The summed E-state index contributed by atoms with van der Waals surface area (Å²) in [5.41, 5.74) is 3.79. The van der Waals surface area contributed by atoms with Crippen molar-refractivity contribution in [2.24, 2.45) is 5.92 Å². The van der Waals surface area contributed by atoms with Crippen molar-refractivity contribution in [3.63, 3.8) is 0 Å². The van der Waals surface area contributed by atoms with E-state index in [1.54, 1.807) is 4.90 Å². The molecule has 1 saturated heterocycles. The van der Waals surface area contributed by atoms with Gasteiger partial charge in [0.15, 0.2) is 0 Å². The molecular formula is C23H25N5O3. The van der Waals surface area contributed by atoms with Crippen LogP contribution in [0.1, 0.15) is 18.4 Å².